The van der Waals surface area contributed by atoms with E-state index < -0.39 is 5.54 Å². The van der Waals surface area contributed by atoms with Crippen molar-refractivity contribution >= 4 is 34.5 Å². The minimum atomic E-state index is -0.757. The number of aryl methyl sites for hydroxylation is 3. The molecule has 1 unspecified atom stereocenters. The first-order valence-electron chi connectivity index (χ1n) is 15.2. The van der Waals surface area contributed by atoms with Gasteiger partial charge >= 0.3 is 0 Å². The van der Waals surface area contributed by atoms with E-state index in [0.717, 1.165) is 46.5 Å². The number of rotatable bonds is 7. The SMILES string of the molecule is Cc1c(CC(=O)c2cc3c(s2)CCCC3)cccc1-c1cn(C)c(=O)c(Nc2ccc(C3(C)C(=O)N(C)CCN3C)cc2)n1. The van der Waals surface area contributed by atoms with Gasteiger partial charge in [-0.2, -0.15) is 0 Å². The molecule has 2 aliphatic rings. The van der Waals surface area contributed by atoms with Gasteiger partial charge < -0.3 is 14.8 Å². The first-order chi connectivity index (χ1) is 21.1. The molecule has 4 aromatic rings. The monoisotopic (exact) mass is 609 g/mol. The summed E-state index contributed by atoms with van der Waals surface area (Å²) in [7, 11) is 5.52. The molecule has 1 fully saturated rings. The molecule has 1 aliphatic heterocycles. The second-order valence-electron chi connectivity index (χ2n) is 12.3. The zero-order valence-electron chi connectivity index (χ0n) is 26.1. The summed E-state index contributed by atoms with van der Waals surface area (Å²) in [5.41, 5.74) is 5.39. The Morgan fingerprint density at radius 1 is 1.02 bits per heavy atom. The number of fused-ring (bicyclic) bond motifs is 1. The molecule has 44 heavy (non-hydrogen) atoms. The Kier molecular flexibility index (Phi) is 8.02. The molecular weight excluding hydrogens is 570 g/mol. The normalized spacial score (nSPS) is 18.8. The molecule has 0 bridgehead atoms. The van der Waals surface area contributed by atoms with E-state index in [9.17, 15) is 14.4 Å². The molecule has 1 atom stereocenters. The van der Waals surface area contributed by atoms with Crippen LogP contribution in [0.5, 0.6) is 0 Å². The number of nitrogens with zero attached hydrogens (tertiary/aromatic N) is 4. The van der Waals surface area contributed by atoms with Crippen molar-refractivity contribution in [2.75, 3.05) is 32.5 Å². The summed E-state index contributed by atoms with van der Waals surface area (Å²) in [4.78, 5) is 50.3. The number of carbonyl (C=O) groups is 2. The number of thiophene rings is 1. The summed E-state index contributed by atoms with van der Waals surface area (Å²) >= 11 is 1.65. The van der Waals surface area contributed by atoms with Crippen molar-refractivity contribution in [1.29, 1.82) is 0 Å². The number of anilines is 2. The first-order valence-corrected chi connectivity index (χ1v) is 16.0. The molecule has 3 heterocycles. The van der Waals surface area contributed by atoms with E-state index in [-0.39, 0.29) is 23.1 Å². The van der Waals surface area contributed by atoms with Crippen LogP contribution < -0.4 is 10.9 Å². The number of piperazine rings is 1. The molecule has 1 amide bonds. The van der Waals surface area contributed by atoms with Crippen LogP contribution in [0, 0.1) is 6.92 Å². The van der Waals surface area contributed by atoms with Crippen molar-refractivity contribution in [1.82, 2.24) is 19.4 Å². The molecule has 1 saturated heterocycles. The van der Waals surface area contributed by atoms with E-state index in [4.69, 9.17) is 4.98 Å². The van der Waals surface area contributed by atoms with E-state index >= 15 is 0 Å². The van der Waals surface area contributed by atoms with Crippen molar-refractivity contribution in [3.8, 4) is 11.3 Å². The highest BCUT2D eigenvalue weighted by atomic mass is 32.1. The van der Waals surface area contributed by atoms with Crippen molar-refractivity contribution in [3.63, 3.8) is 0 Å². The fourth-order valence-electron chi connectivity index (χ4n) is 6.38. The van der Waals surface area contributed by atoms with E-state index in [0.29, 0.717) is 24.3 Å². The van der Waals surface area contributed by atoms with Gasteiger partial charge in [0.05, 0.1) is 10.6 Å². The molecule has 2 aromatic heterocycles. The van der Waals surface area contributed by atoms with Crippen LogP contribution in [0.4, 0.5) is 11.5 Å². The minimum absolute atomic E-state index is 0.0593. The molecule has 0 saturated carbocycles. The number of nitrogens with one attached hydrogen (secondary N) is 1. The molecule has 228 valence electrons. The van der Waals surface area contributed by atoms with Crippen LogP contribution in [0.25, 0.3) is 11.3 Å². The van der Waals surface area contributed by atoms with Gasteiger partial charge in [-0.05, 0) is 87.0 Å². The summed E-state index contributed by atoms with van der Waals surface area (Å²) in [5.74, 6) is 0.411. The molecule has 9 heteroatoms. The molecule has 1 N–H and O–H groups in total. The molecule has 1 aliphatic carbocycles. The number of carbonyl (C=O) groups excluding carboxylic acids is 2. The van der Waals surface area contributed by atoms with Crippen molar-refractivity contribution < 1.29 is 9.59 Å². The Hall–Kier alpha value is -4.08. The summed E-state index contributed by atoms with van der Waals surface area (Å²) in [6.07, 6.45) is 6.61. The fraction of sp³-hybridized carbons (Fsp3) is 0.371. The predicted molar refractivity (Wildman–Crippen MR) is 176 cm³/mol. The first kappa shape index (κ1) is 30.0. The number of ketones is 1. The largest absolute Gasteiger partial charge is 0.343 e. The highest BCUT2D eigenvalue weighted by Gasteiger charge is 2.44. The lowest BCUT2D eigenvalue weighted by Gasteiger charge is -2.45. The van der Waals surface area contributed by atoms with Crippen LogP contribution >= 0.6 is 11.3 Å². The fourth-order valence-corrected chi connectivity index (χ4v) is 7.57. The van der Waals surface area contributed by atoms with E-state index in [1.54, 1.807) is 29.5 Å². The third kappa shape index (κ3) is 5.39. The van der Waals surface area contributed by atoms with Gasteiger partial charge in [0.2, 0.25) is 5.91 Å². The average Bonchev–Trinajstić information content (AvgIpc) is 3.46. The predicted octanol–water partition coefficient (Wildman–Crippen LogP) is 5.48. The number of likely N-dealkylation sites (N-methyl/N-ethyl adjacent to an activating group) is 2. The highest BCUT2D eigenvalue weighted by Crippen LogP contribution is 2.34. The standard InChI is InChI=1S/C35H39N5O3S/c1-22-23(19-29(41)31-20-24-9-6-7-12-30(24)44-31)10-8-11-27(22)28-21-39(4)33(42)32(37-28)36-26-15-13-25(14-16-26)35(2)34(43)38(3)17-18-40(35)5/h8,10-11,13-16,20-21H,6-7,9,12,17-19H2,1-5H3,(H,36,37). The van der Waals surface area contributed by atoms with E-state index in [2.05, 4.69) is 16.3 Å². The number of hydrogen-bond donors (Lipinski definition) is 1. The number of amides is 1. The van der Waals surface area contributed by atoms with Crippen LogP contribution in [0.3, 0.4) is 0 Å². The lowest BCUT2D eigenvalue weighted by molar-refractivity contribution is -0.147. The lowest BCUT2D eigenvalue weighted by atomic mass is 9.87. The maximum absolute atomic E-state index is 13.3. The smallest absolute Gasteiger partial charge is 0.293 e. The van der Waals surface area contributed by atoms with Crippen molar-refractivity contribution in [2.24, 2.45) is 7.05 Å². The van der Waals surface area contributed by atoms with Crippen LogP contribution in [-0.2, 0) is 36.6 Å². The summed E-state index contributed by atoms with van der Waals surface area (Å²) in [6.45, 7) is 5.45. The zero-order chi connectivity index (χ0) is 31.2. The number of aromatic nitrogens is 2. The molecule has 2 aromatic carbocycles. The summed E-state index contributed by atoms with van der Waals surface area (Å²) in [5, 5.41) is 3.20. The van der Waals surface area contributed by atoms with Gasteiger partial charge in [0.25, 0.3) is 5.56 Å². The average molecular weight is 610 g/mol. The van der Waals surface area contributed by atoms with Crippen LogP contribution in [0.2, 0.25) is 0 Å². The van der Waals surface area contributed by atoms with Gasteiger partial charge in [-0.25, -0.2) is 4.98 Å². The molecular formula is C35H39N5O3S. The highest BCUT2D eigenvalue weighted by molar-refractivity contribution is 7.14. The molecule has 8 nitrogen and oxygen atoms in total. The van der Waals surface area contributed by atoms with Gasteiger partial charge in [0, 0.05) is 55.9 Å². The van der Waals surface area contributed by atoms with Gasteiger partial charge in [0.1, 0.15) is 5.54 Å². The summed E-state index contributed by atoms with van der Waals surface area (Å²) < 4.78 is 1.53. The maximum Gasteiger partial charge on any atom is 0.293 e. The summed E-state index contributed by atoms with van der Waals surface area (Å²) in [6, 6.07) is 15.6. The Bertz CT molecular complexity index is 1780. The molecule has 0 radical (unpaired) electrons. The van der Waals surface area contributed by atoms with Crippen molar-refractivity contribution in [3.05, 3.63) is 97.1 Å². The van der Waals surface area contributed by atoms with Gasteiger partial charge in [-0.1, -0.05) is 30.3 Å². The van der Waals surface area contributed by atoms with Crippen molar-refractivity contribution in [2.45, 2.75) is 51.5 Å². The zero-order valence-corrected chi connectivity index (χ0v) is 26.9. The Morgan fingerprint density at radius 3 is 2.52 bits per heavy atom. The maximum atomic E-state index is 13.3. The lowest BCUT2D eigenvalue weighted by Crippen LogP contribution is -2.60. The number of benzene rings is 2. The third-order valence-corrected chi connectivity index (χ3v) is 10.7. The van der Waals surface area contributed by atoms with E-state index in [1.807, 2.05) is 70.4 Å². The number of hydrogen-bond acceptors (Lipinski definition) is 7. The molecule has 6 rings (SSSR count). The molecule has 0 spiro atoms. The van der Waals surface area contributed by atoms with Gasteiger partial charge in [-0.15, -0.1) is 11.3 Å². The minimum Gasteiger partial charge on any atom is -0.343 e. The van der Waals surface area contributed by atoms with Gasteiger partial charge in [0.15, 0.2) is 11.6 Å². The van der Waals surface area contributed by atoms with Gasteiger partial charge in [-0.3, -0.25) is 19.3 Å². The second kappa shape index (κ2) is 11.8. The van der Waals surface area contributed by atoms with E-state index in [1.165, 1.54) is 27.8 Å². The Labute approximate surface area is 262 Å². The topological polar surface area (TPSA) is 87.5 Å². The second-order valence-corrected chi connectivity index (χ2v) is 13.4. The quantitative estimate of drug-likeness (QED) is 0.279. The Balaban J connectivity index is 1.25. The van der Waals surface area contributed by atoms with Crippen LogP contribution in [0.1, 0.15) is 56.6 Å². The third-order valence-electron chi connectivity index (χ3n) is 9.42. The number of Topliss-reactive ketones (excluding diaryl/α,β-unsaturated/α-hetero) is 1. The van der Waals surface area contributed by atoms with Crippen LogP contribution in [0.15, 0.2) is 59.5 Å². The van der Waals surface area contributed by atoms with Crippen LogP contribution in [-0.4, -0.2) is 58.2 Å². The Morgan fingerprint density at radius 2 is 1.77 bits per heavy atom.